The Morgan fingerprint density at radius 3 is 2.84 bits per heavy atom. The van der Waals surface area contributed by atoms with E-state index in [-0.39, 0.29) is 18.2 Å². The summed E-state index contributed by atoms with van der Waals surface area (Å²) in [7, 11) is -1.88. The maximum absolute atomic E-state index is 11.3. The van der Waals surface area contributed by atoms with E-state index in [2.05, 4.69) is 15.4 Å². The molecule has 1 aliphatic heterocycles. The van der Waals surface area contributed by atoms with Crippen molar-refractivity contribution >= 4 is 33.0 Å². The Hall–Kier alpha value is -1.80. The van der Waals surface area contributed by atoms with Crippen LogP contribution in [0.15, 0.2) is 12.1 Å². The molecule has 0 spiro atoms. The molecule has 0 unspecified atom stereocenters. The van der Waals surface area contributed by atoms with Crippen LogP contribution in [-0.4, -0.2) is 33.7 Å². The van der Waals surface area contributed by atoms with E-state index in [4.69, 9.17) is 5.73 Å². The van der Waals surface area contributed by atoms with Crippen LogP contribution in [0.5, 0.6) is 0 Å². The molecule has 19 heavy (non-hydrogen) atoms. The monoisotopic (exact) mass is 284 g/mol. The molecule has 1 aliphatic rings. The van der Waals surface area contributed by atoms with Crippen molar-refractivity contribution in [3.05, 3.63) is 17.7 Å². The second kappa shape index (κ2) is 5.06. The Morgan fingerprint density at radius 2 is 2.16 bits per heavy atom. The molecule has 0 saturated heterocycles. The Labute approximate surface area is 111 Å². The standard InChI is InChI=1S/C11H16N4O3S/c1-13-19(17,18)3-2-14-10-6-9-7(4-8(10)12)5-11(16)15-9/h4,6,13-14H,2-3,5,12H2,1H3,(H,15,16). The van der Waals surface area contributed by atoms with Gasteiger partial charge in [0.15, 0.2) is 0 Å². The van der Waals surface area contributed by atoms with Crippen LogP contribution in [0.3, 0.4) is 0 Å². The third-order valence-corrected chi connectivity index (χ3v) is 4.26. The number of nitrogen functional groups attached to an aromatic ring is 1. The van der Waals surface area contributed by atoms with Crippen molar-refractivity contribution < 1.29 is 13.2 Å². The number of nitrogens with one attached hydrogen (secondary N) is 3. The number of hydrogen-bond donors (Lipinski definition) is 4. The molecule has 1 amide bonds. The Morgan fingerprint density at radius 1 is 1.42 bits per heavy atom. The van der Waals surface area contributed by atoms with Crippen LogP contribution >= 0.6 is 0 Å². The molecule has 0 fully saturated rings. The fourth-order valence-corrected chi connectivity index (χ4v) is 2.44. The fraction of sp³-hybridized carbons (Fsp3) is 0.364. The van der Waals surface area contributed by atoms with Crippen LogP contribution < -0.4 is 21.1 Å². The van der Waals surface area contributed by atoms with E-state index in [1.54, 1.807) is 12.1 Å². The highest BCUT2D eigenvalue weighted by Crippen LogP contribution is 2.31. The normalized spacial score (nSPS) is 14.1. The Bertz CT molecular complexity index is 613. The smallest absolute Gasteiger partial charge is 0.228 e. The lowest BCUT2D eigenvalue weighted by atomic mass is 10.1. The van der Waals surface area contributed by atoms with Crippen molar-refractivity contribution in [2.45, 2.75) is 6.42 Å². The maximum Gasteiger partial charge on any atom is 0.228 e. The van der Waals surface area contributed by atoms with Gasteiger partial charge >= 0.3 is 0 Å². The topological polar surface area (TPSA) is 113 Å². The zero-order valence-electron chi connectivity index (χ0n) is 10.5. The van der Waals surface area contributed by atoms with Crippen molar-refractivity contribution in [1.82, 2.24) is 4.72 Å². The van der Waals surface area contributed by atoms with Gasteiger partial charge in [0.05, 0.1) is 23.5 Å². The molecule has 0 aromatic heterocycles. The van der Waals surface area contributed by atoms with Gasteiger partial charge in [-0.25, -0.2) is 13.1 Å². The molecule has 0 saturated carbocycles. The summed E-state index contributed by atoms with van der Waals surface area (Å²) in [5, 5.41) is 5.67. The predicted molar refractivity (Wildman–Crippen MR) is 74.5 cm³/mol. The minimum Gasteiger partial charge on any atom is -0.397 e. The molecule has 1 aromatic rings. The number of benzene rings is 1. The third-order valence-electron chi connectivity index (χ3n) is 2.90. The van der Waals surface area contributed by atoms with E-state index in [1.807, 2.05) is 0 Å². The molecular weight excluding hydrogens is 268 g/mol. The number of sulfonamides is 1. The van der Waals surface area contributed by atoms with E-state index in [9.17, 15) is 13.2 Å². The van der Waals surface area contributed by atoms with E-state index < -0.39 is 10.0 Å². The van der Waals surface area contributed by atoms with Crippen LogP contribution in [-0.2, 0) is 21.2 Å². The number of carbonyl (C=O) groups is 1. The minimum absolute atomic E-state index is 0.0492. The van der Waals surface area contributed by atoms with Crippen molar-refractivity contribution in [3.63, 3.8) is 0 Å². The molecule has 2 rings (SSSR count). The number of anilines is 3. The molecule has 0 bridgehead atoms. The first-order chi connectivity index (χ1) is 8.91. The van der Waals surface area contributed by atoms with Crippen LogP contribution in [0.25, 0.3) is 0 Å². The summed E-state index contributed by atoms with van der Waals surface area (Å²) < 4.78 is 24.8. The average Bonchev–Trinajstić information content (AvgIpc) is 2.68. The number of amides is 1. The summed E-state index contributed by atoms with van der Waals surface area (Å²) in [4.78, 5) is 11.2. The highest BCUT2D eigenvalue weighted by molar-refractivity contribution is 7.89. The quantitative estimate of drug-likeness (QED) is 0.556. The van der Waals surface area contributed by atoms with Gasteiger partial charge in [0.2, 0.25) is 15.9 Å². The van der Waals surface area contributed by atoms with Gasteiger partial charge in [0, 0.05) is 12.2 Å². The average molecular weight is 284 g/mol. The molecule has 7 nitrogen and oxygen atoms in total. The molecular formula is C11H16N4O3S. The van der Waals surface area contributed by atoms with Crippen molar-refractivity contribution in [1.29, 1.82) is 0 Å². The Balaban J connectivity index is 2.06. The van der Waals surface area contributed by atoms with Gasteiger partial charge in [-0.2, -0.15) is 0 Å². The minimum atomic E-state index is -3.25. The lowest BCUT2D eigenvalue weighted by molar-refractivity contribution is -0.115. The maximum atomic E-state index is 11.3. The zero-order valence-corrected chi connectivity index (χ0v) is 11.3. The van der Waals surface area contributed by atoms with E-state index >= 15 is 0 Å². The third kappa shape index (κ3) is 3.15. The number of carbonyl (C=O) groups excluding carboxylic acids is 1. The second-order valence-corrected chi connectivity index (χ2v) is 6.32. The van der Waals surface area contributed by atoms with Gasteiger partial charge in [-0.05, 0) is 24.7 Å². The first kappa shape index (κ1) is 13.6. The second-order valence-electron chi connectivity index (χ2n) is 4.27. The van der Waals surface area contributed by atoms with Gasteiger partial charge in [-0.3, -0.25) is 4.79 Å². The van der Waals surface area contributed by atoms with Crippen LogP contribution in [0.4, 0.5) is 17.1 Å². The lowest BCUT2D eigenvalue weighted by Gasteiger charge is -2.11. The van der Waals surface area contributed by atoms with Crippen molar-refractivity contribution in [3.8, 4) is 0 Å². The van der Waals surface area contributed by atoms with Gasteiger partial charge in [0.25, 0.3) is 0 Å². The molecule has 0 aliphatic carbocycles. The van der Waals surface area contributed by atoms with Crippen LogP contribution in [0.2, 0.25) is 0 Å². The van der Waals surface area contributed by atoms with Gasteiger partial charge in [0.1, 0.15) is 0 Å². The fourth-order valence-electron chi connectivity index (χ4n) is 1.87. The number of hydrogen-bond acceptors (Lipinski definition) is 5. The Kier molecular flexibility index (Phi) is 3.63. The molecule has 8 heteroatoms. The van der Waals surface area contributed by atoms with E-state index in [0.717, 1.165) is 11.3 Å². The molecule has 5 N–H and O–H groups in total. The summed E-state index contributed by atoms with van der Waals surface area (Å²) in [6, 6.07) is 3.45. The van der Waals surface area contributed by atoms with E-state index in [0.29, 0.717) is 17.8 Å². The summed E-state index contributed by atoms with van der Waals surface area (Å²) in [6.07, 6.45) is 0.327. The number of fused-ring (bicyclic) bond motifs is 1. The molecule has 104 valence electrons. The summed E-state index contributed by atoms with van der Waals surface area (Å²) >= 11 is 0. The summed E-state index contributed by atoms with van der Waals surface area (Å²) in [6.45, 7) is 0.236. The highest BCUT2D eigenvalue weighted by atomic mass is 32.2. The zero-order chi connectivity index (χ0) is 14.0. The number of nitrogens with two attached hydrogens (primary N) is 1. The van der Waals surface area contributed by atoms with Crippen LogP contribution in [0, 0.1) is 0 Å². The summed E-state index contributed by atoms with van der Waals surface area (Å²) in [5.41, 5.74) is 8.55. The van der Waals surface area contributed by atoms with Gasteiger partial charge in [-0.1, -0.05) is 0 Å². The first-order valence-corrected chi connectivity index (χ1v) is 7.44. The first-order valence-electron chi connectivity index (χ1n) is 5.78. The largest absolute Gasteiger partial charge is 0.397 e. The van der Waals surface area contributed by atoms with Crippen LogP contribution in [0.1, 0.15) is 5.56 Å². The van der Waals surface area contributed by atoms with Crippen molar-refractivity contribution in [2.24, 2.45) is 0 Å². The molecule has 0 radical (unpaired) electrons. The number of rotatable bonds is 5. The van der Waals surface area contributed by atoms with Gasteiger partial charge < -0.3 is 16.4 Å². The SMILES string of the molecule is CNS(=O)(=O)CCNc1cc2c(cc1N)CC(=O)N2. The van der Waals surface area contributed by atoms with Gasteiger partial charge in [-0.15, -0.1) is 0 Å². The lowest BCUT2D eigenvalue weighted by Crippen LogP contribution is -2.26. The summed E-state index contributed by atoms with van der Waals surface area (Å²) in [5.74, 6) is -0.115. The van der Waals surface area contributed by atoms with Crippen molar-refractivity contribution in [2.75, 3.05) is 35.7 Å². The predicted octanol–water partition coefficient (Wildman–Crippen LogP) is -0.276. The molecule has 1 heterocycles. The highest BCUT2D eigenvalue weighted by Gasteiger charge is 2.19. The van der Waals surface area contributed by atoms with E-state index in [1.165, 1.54) is 7.05 Å². The molecule has 0 atom stereocenters. The molecule has 1 aromatic carbocycles.